The van der Waals surface area contributed by atoms with Crippen molar-refractivity contribution in [1.29, 1.82) is 0 Å². The number of alkyl halides is 3. The summed E-state index contributed by atoms with van der Waals surface area (Å²) >= 11 is 0. The molecular weight excluding hydrogens is 333 g/mol. The number of nitrogens with zero attached hydrogens (tertiary/aromatic N) is 1. The Morgan fingerprint density at radius 1 is 1.04 bits per heavy atom. The van der Waals surface area contributed by atoms with E-state index in [0.29, 0.717) is 0 Å². The van der Waals surface area contributed by atoms with E-state index < -0.39 is 19.3 Å². The molecule has 2 aromatic carbocycles. The Kier molecular flexibility index (Phi) is 4.50. The van der Waals surface area contributed by atoms with Gasteiger partial charge in [0.25, 0.3) is 0 Å². The zero-order chi connectivity index (χ0) is 17.5. The molecule has 2 aromatic rings. The van der Waals surface area contributed by atoms with Crippen molar-refractivity contribution < 1.29 is 17.7 Å². The normalized spacial score (nSPS) is 28.2. The summed E-state index contributed by atoms with van der Waals surface area (Å²) in [6.07, 6.45) is -4.32. The van der Waals surface area contributed by atoms with E-state index >= 15 is 0 Å². The van der Waals surface area contributed by atoms with Crippen LogP contribution in [0.25, 0.3) is 0 Å². The first-order valence-corrected chi connectivity index (χ1v) is 8.51. The van der Waals surface area contributed by atoms with Gasteiger partial charge in [-0.2, -0.15) is 17.8 Å². The average molecular weight is 353 g/mol. The Labute approximate surface area is 141 Å². The van der Waals surface area contributed by atoms with Crippen LogP contribution in [0.2, 0.25) is 0 Å². The lowest BCUT2D eigenvalue weighted by Crippen LogP contribution is -2.29. The Hall–Kier alpha value is -1.36. The van der Waals surface area contributed by atoms with Crippen molar-refractivity contribution in [3.63, 3.8) is 0 Å². The van der Waals surface area contributed by atoms with Crippen molar-refractivity contribution in [3.8, 4) is 0 Å². The third-order valence-corrected chi connectivity index (χ3v) is 6.18. The maximum absolute atomic E-state index is 12.8. The molecule has 1 fully saturated rings. The molecule has 2 nitrogen and oxygen atoms in total. The number of benzene rings is 2. The van der Waals surface area contributed by atoms with Gasteiger partial charge >= 0.3 is 6.18 Å². The fraction of sp³-hybridized carbons (Fsp3) is 0.294. The van der Waals surface area contributed by atoms with Crippen molar-refractivity contribution in [2.24, 2.45) is 0 Å². The van der Waals surface area contributed by atoms with Crippen LogP contribution in [0.4, 0.5) is 13.2 Å². The van der Waals surface area contributed by atoms with Crippen LogP contribution < -0.4 is 5.30 Å². The predicted octanol–water partition coefficient (Wildman–Crippen LogP) is 3.55. The minimum Gasteiger partial charge on any atom is -0.253 e. The van der Waals surface area contributed by atoms with E-state index in [-0.39, 0.29) is 19.7 Å². The van der Waals surface area contributed by atoms with Gasteiger partial charge in [-0.1, -0.05) is 30.3 Å². The second-order valence-electron chi connectivity index (χ2n) is 5.57. The first-order valence-electron chi connectivity index (χ1n) is 7.30. The monoisotopic (exact) mass is 353 g/mol. The van der Waals surface area contributed by atoms with E-state index in [2.05, 4.69) is 23.7 Å². The highest BCUT2D eigenvalue weighted by molar-refractivity contribution is 7.97. The van der Waals surface area contributed by atoms with E-state index in [1.54, 1.807) is 12.1 Å². The molecule has 0 bridgehead atoms. The van der Waals surface area contributed by atoms with Crippen molar-refractivity contribution >= 4 is 20.4 Å². The molecule has 0 saturated carbocycles. The molecule has 0 amide bonds. The minimum absolute atomic E-state index is 0.0238. The molecule has 1 unspecified atom stereocenters. The Balaban J connectivity index is 1.92. The first-order chi connectivity index (χ1) is 11.2. The fourth-order valence-corrected chi connectivity index (χ4v) is 4.64. The summed E-state index contributed by atoms with van der Waals surface area (Å²) in [6.45, 7) is 2.13. The zero-order valence-electron chi connectivity index (χ0n) is 12.8. The van der Waals surface area contributed by atoms with E-state index in [0.717, 1.165) is 10.9 Å². The van der Waals surface area contributed by atoms with Gasteiger partial charge in [0.05, 0.1) is 24.4 Å². The molecule has 0 radical (unpaired) electrons. The second-order valence-corrected chi connectivity index (χ2v) is 7.47. The van der Waals surface area contributed by atoms with Crippen LogP contribution in [0, 0.1) is 0 Å². The highest BCUT2D eigenvalue weighted by atomic mass is 31.2. The van der Waals surface area contributed by atoms with E-state index in [1.807, 2.05) is 25.2 Å². The lowest BCUT2D eigenvalue weighted by atomic mass is 10.0. The van der Waals surface area contributed by atoms with Gasteiger partial charge in [0.2, 0.25) is 0 Å². The van der Waals surface area contributed by atoms with Gasteiger partial charge in [-0.15, -0.1) is 0 Å². The smallest absolute Gasteiger partial charge is 0.253 e. The number of likely N-dealkylation sites (N-methyl/N-ethyl adjacent to an activating group) is 1. The van der Waals surface area contributed by atoms with Crippen molar-refractivity contribution in [2.45, 2.75) is 25.2 Å². The van der Waals surface area contributed by atoms with Crippen LogP contribution in [0.5, 0.6) is 0 Å². The molecule has 0 spiro atoms. The summed E-state index contributed by atoms with van der Waals surface area (Å²) in [5, 5.41) is 0.934. The Morgan fingerprint density at radius 3 is 2.17 bits per heavy atom. The van der Waals surface area contributed by atoms with Gasteiger partial charge in [0.15, 0.2) is 7.57 Å². The summed E-state index contributed by atoms with van der Waals surface area (Å²) in [4.78, 5) is 0. The second kappa shape index (κ2) is 6.18. The molecule has 1 aliphatic heterocycles. The lowest BCUT2D eigenvalue weighted by molar-refractivity contribution is -0.137. The summed E-state index contributed by atoms with van der Waals surface area (Å²) < 4.78 is 47.2. The van der Waals surface area contributed by atoms with Gasteiger partial charge in [-0.05, 0) is 36.8 Å². The van der Waals surface area contributed by atoms with E-state index in [9.17, 15) is 13.2 Å². The van der Waals surface area contributed by atoms with Crippen LogP contribution in [0.3, 0.4) is 0 Å². The molecular formula is C17H20BF3NOP. The molecule has 128 valence electrons. The van der Waals surface area contributed by atoms with E-state index in [4.69, 9.17) is 4.52 Å². The average Bonchev–Trinajstić information content (AvgIpc) is 2.80. The molecule has 1 aliphatic rings. The van der Waals surface area contributed by atoms with Gasteiger partial charge < -0.3 is 0 Å². The number of rotatable bonds is 2. The third-order valence-electron chi connectivity index (χ3n) is 4.07. The molecule has 1 saturated heterocycles. The van der Waals surface area contributed by atoms with Crippen molar-refractivity contribution in [1.82, 2.24) is 4.67 Å². The van der Waals surface area contributed by atoms with Gasteiger partial charge in [0.1, 0.15) is 6.10 Å². The number of halogens is 3. The SMILES string of the molecule is [BH3-][P+]1(c2ccc(C(F)(F)F)cc2)O[C@H](c2ccccc2)[C@H](C)N1C. The van der Waals surface area contributed by atoms with Gasteiger partial charge in [-0.25, -0.2) is 0 Å². The predicted molar refractivity (Wildman–Crippen MR) is 95.4 cm³/mol. The molecule has 0 N–H and O–H groups in total. The summed E-state index contributed by atoms with van der Waals surface area (Å²) in [6, 6.07) is 15.8. The van der Waals surface area contributed by atoms with Crippen molar-refractivity contribution in [2.75, 3.05) is 7.05 Å². The van der Waals surface area contributed by atoms with Gasteiger partial charge in [-0.3, -0.25) is 4.52 Å². The number of hydrogen-bond acceptors (Lipinski definition) is 2. The first kappa shape index (κ1) is 17.5. The maximum atomic E-state index is 12.8. The van der Waals surface area contributed by atoms with Crippen LogP contribution in [-0.2, 0) is 10.7 Å². The Morgan fingerprint density at radius 2 is 1.62 bits per heavy atom. The van der Waals surface area contributed by atoms with Crippen LogP contribution >= 0.6 is 7.52 Å². The molecule has 24 heavy (non-hydrogen) atoms. The molecule has 0 aromatic heterocycles. The van der Waals surface area contributed by atoms with E-state index in [1.165, 1.54) is 12.1 Å². The maximum Gasteiger partial charge on any atom is 0.416 e. The van der Waals surface area contributed by atoms with Crippen LogP contribution in [0.15, 0.2) is 54.6 Å². The summed E-state index contributed by atoms with van der Waals surface area (Å²) in [5.74, 6) is 0. The molecule has 1 heterocycles. The van der Waals surface area contributed by atoms with Crippen LogP contribution in [-0.4, -0.2) is 25.3 Å². The molecule has 7 heteroatoms. The molecule has 3 rings (SSSR count). The minimum atomic E-state index is -4.30. The molecule has 3 atom stereocenters. The third kappa shape index (κ3) is 2.99. The van der Waals surface area contributed by atoms with Crippen molar-refractivity contribution in [3.05, 3.63) is 65.7 Å². The summed E-state index contributed by atoms with van der Waals surface area (Å²) in [7, 11) is -0.104. The highest BCUT2D eigenvalue weighted by Gasteiger charge is 2.50. The lowest BCUT2D eigenvalue weighted by Gasteiger charge is -2.29. The topological polar surface area (TPSA) is 12.5 Å². The highest BCUT2D eigenvalue weighted by Crippen LogP contribution is 2.66. The van der Waals surface area contributed by atoms with Crippen LogP contribution in [0.1, 0.15) is 24.2 Å². The fourth-order valence-electron chi connectivity index (χ4n) is 2.63. The number of hydrogen-bond donors (Lipinski definition) is 0. The summed E-state index contributed by atoms with van der Waals surface area (Å²) in [5.41, 5.74) is 0.526. The molecule has 0 aliphatic carbocycles. The Bertz CT molecular complexity index is 710. The largest absolute Gasteiger partial charge is 0.416 e. The van der Waals surface area contributed by atoms with Gasteiger partial charge in [0, 0.05) is 7.05 Å². The zero-order valence-corrected chi connectivity index (χ0v) is 13.7. The quantitative estimate of drug-likeness (QED) is 0.605. The standard InChI is InChI=1S/C17H20BF3NOP/c1-12-16(13-6-4-3-5-7-13)23-24(18,22(12)2)15-10-8-14(9-11-15)17(19,20)21/h3-12,16H,1-2,18H3/t12-,16-,24?/m0/s1.